The first-order chi connectivity index (χ1) is 8.77. The van der Waals surface area contributed by atoms with Crippen LogP contribution < -0.4 is 0 Å². The highest BCUT2D eigenvalue weighted by atomic mass is 79.9. The fourth-order valence-electron chi connectivity index (χ4n) is 2.02. The Morgan fingerprint density at radius 1 is 1.00 bits per heavy atom. The quantitative estimate of drug-likeness (QED) is 0.638. The Morgan fingerprint density at radius 2 is 1.67 bits per heavy atom. The molecule has 1 aliphatic heterocycles. The Hall–Kier alpha value is -1.45. The predicted octanol–water partition coefficient (Wildman–Crippen LogP) is 3.77. The maximum Gasteiger partial charge on any atom is 0.194 e. The lowest BCUT2D eigenvalue weighted by molar-refractivity contribution is 0.0953. The third-order valence-electron chi connectivity index (χ3n) is 3.02. The number of hydrogen-bond acceptors (Lipinski definition) is 2. The Kier molecular flexibility index (Phi) is 3.02. The van der Waals surface area contributed by atoms with E-state index >= 15 is 0 Å². The van der Waals surface area contributed by atoms with E-state index in [4.69, 9.17) is 4.74 Å². The third kappa shape index (κ3) is 2.11. The van der Waals surface area contributed by atoms with Crippen LogP contribution in [0.5, 0.6) is 0 Å². The van der Waals surface area contributed by atoms with Gasteiger partial charge < -0.3 is 4.74 Å². The molecule has 2 nitrogen and oxygen atoms in total. The summed E-state index contributed by atoms with van der Waals surface area (Å²) < 4.78 is 6.51. The fraction of sp³-hybridized carbons (Fsp3) is 0.133. The summed E-state index contributed by atoms with van der Waals surface area (Å²) in [6.07, 6.45) is -0.459. The van der Waals surface area contributed by atoms with E-state index in [2.05, 4.69) is 15.9 Å². The van der Waals surface area contributed by atoms with Crippen molar-refractivity contribution in [2.45, 2.75) is 12.2 Å². The van der Waals surface area contributed by atoms with Gasteiger partial charge in [0.2, 0.25) is 0 Å². The van der Waals surface area contributed by atoms with Crippen LogP contribution in [0.15, 0.2) is 59.1 Å². The predicted molar refractivity (Wildman–Crippen MR) is 72.5 cm³/mol. The van der Waals surface area contributed by atoms with Crippen molar-refractivity contribution in [1.82, 2.24) is 0 Å². The molecule has 18 heavy (non-hydrogen) atoms. The Balaban J connectivity index is 1.79. The Morgan fingerprint density at radius 3 is 2.39 bits per heavy atom. The monoisotopic (exact) mass is 302 g/mol. The summed E-state index contributed by atoms with van der Waals surface area (Å²) in [5.41, 5.74) is 1.74. The molecule has 2 aromatic rings. The Labute approximate surface area is 114 Å². The number of halogens is 1. The van der Waals surface area contributed by atoms with Crippen LogP contribution in [0.4, 0.5) is 0 Å². The van der Waals surface area contributed by atoms with Crippen molar-refractivity contribution in [2.75, 3.05) is 0 Å². The number of carbonyl (C=O) groups is 1. The van der Waals surface area contributed by atoms with Crippen molar-refractivity contribution in [3.8, 4) is 0 Å². The zero-order valence-electron chi connectivity index (χ0n) is 9.55. The molecule has 1 fully saturated rings. The van der Waals surface area contributed by atoms with Gasteiger partial charge in [-0.05, 0) is 11.6 Å². The van der Waals surface area contributed by atoms with E-state index in [9.17, 15) is 4.79 Å². The molecule has 0 bridgehead atoms. The first kappa shape index (κ1) is 11.6. The molecule has 2 atom stereocenters. The minimum atomic E-state index is -0.342. The summed E-state index contributed by atoms with van der Waals surface area (Å²) in [6.45, 7) is 0. The molecule has 0 saturated carbocycles. The summed E-state index contributed by atoms with van der Waals surface area (Å²) in [5, 5.41) is 0. The van der Waals surface area contributed by atoms with Crippen molar-refractivity contribution in [3.05, 3.63) is 70.2 Å². The van der Waals surface area contributed by atoms with Crippen molar-refractivity contribution >= 4 is 21.7 Å². The number of hydrogen-bond donors (Lipinski definition) is 0. The fourth-order valence-corrected chi connectivity index (χ4v) is 2.53. The first-order valence-electron chi connectivity index (χ1n) is 5.76. The van der Waals surface area contributed by atoms with Crippen LogP contribution in [0.1, 0.15) is 22.0 Å². The molecular weight excluding hydrogens is 292 g/mol. The van der Waals surface area contributed by atoms with Gasteiger partial charge in [-0.3, -0.25) is 4.79 Å². The molecule has 0 spiro atoms. The second-order valence-electron chi connectivity index (χ2n) is 4.23. The van der Waals surface area contributed by atoms with E-state index in [1.165, 1.54) is 0 Å². The van der Waals surface area contributed by atoms with Crippen LogP contribution >= 0.6 is 15.9 Å². The normalized spacial score (nSPS) is 21.6. The van der Waals surface area contributed by atoms with Gasteiger partial charge in [-0.1, -0.05) is 64.5 Å². The second-order valence-corrected chi connectivity index (χ2v) is 5.08. The molecule has 0 aliphatic carbocycles. The van der Waals surface area contributed by atoms with Crippen LogP contribution in [-0.4, -0.2) is 11.9 Å². The number of ether oxygens (including phenoxy) is 1. The van der Waals surface area contributed by atoms with Gasteiger partial charge in [0.05, 0.1) is 0 Å². The maximum absolute atomic E-state index is 12.2. The standard InChI is InChI=1S/C15H11BrO2/c16-12-9-5-4-8-11(12)14-15(18-14)13(17)10-6-2-1-3-7-10/h1-9,14-15H/t14-,15+/m0/s1. The molecular formula is C15H11BrO2. The molecule has 3 rings (SSSR count). The lowest BCUT2D eigenvalue weighted by Gasteiger charge is -1.99. The second kappa shape index (κ2) is 4.67. The highest BCUT2D eigenvalue weighted by molar-refractivity contribution is 9.10. The van der Waals surface area contributed by atoms with E-state index < -0.39 is 0 Å². The topological polar surface area (TPSA) is 29.6 Å². The maximum atomic E-state index is 12.2. The van der Waals surface area contributed by atoms with Crippen molar-refractivity contribution in [2.24, 2.45) is 0 Å². The molecule has 0 unspecified atom stereocenters. The summed E-state index contributed by atoms with van der Waals surface area (Å²) in [7, 11) is 0. The van der Waals surface area contributed by atoms with Crippen LogP contribution in [-0.2, 0) is 4.74 Å². The number of benzene rings is 2. The smallest absolute Gasteiger partial charge is 0.194 e. The van der Waals surface area contributed by atoms with Gasteiger partial charge in [0.1, 0.15) is 6.10 Å². The molecule has 1 aliphatic rings. The lowest BCUT2D eigenvalue weighted by atomic mass is 10.0. The molecule has 1 saturated heterocycles. The zero-order valence-corrected chi connectivity index (χ0v) is 11.1. The van der Waals surface area contributed by atoms with Crippen LogP contribution in [0.2, 0.25) is 0 Å². The van der Waals surface area contributed by atoms with E-state index in [1.807, 2.05) is 54.6 Å². The van der Waals surface area contributed by atoms with Gasteiger partial charge in [0.15, 0.2) is 11.9 Å². The van der Waals surface area contributed by atoms with Crippen molar-refractivity contribution in [3.63, 3.8) is 0 Å². The first-order valence-corrected chi connectivity index (χ1v) is 6.56. The molecule has 0 N–H and O–H groups in total. The lowest BCUT2D eigenvalue weighted by Crippen LogP contribution is -2.07. The molecule has 0 aromatic heterocycles. The molecule has 0 radical (unpaired) electrons. The Bertz CT molecular complexity index is 580. The minimum absolute atomic E-state index is 0.0522. The summed E-state index contributed by atoms with van der Waals surface area (Å²) in [4.78, 5) is 12.2. The molecule has 0 amide bonds. The van der Waals surface area contributed by atoms with Gasteiger partial charge in [-0.2, -0.15) is 0 Å². The number of epoxide rings is 1. The van der Waals surface area contributed by atoms with Crippen LogP contribution in [0.3, 0.4) is 0 Å². The molecule has 2 aromatic carbocycles. The SMILES string of the molecule is O=C(c1ccccc1)[C@H]1O[C@H]1c1ccccc1Br. The van der Waals surface area contributed by atoms with Crippen LogP contribution in [0, 0.1) is 0 Å². The van der Waals surface area contributed by atoms with Crippen molar-refractivity contribution in [1.29, 1.82) is 0 Å². The number of ketones is 1. The number of carbonyl (C=O) groups excluding carboxylic acids is 1. The van der Waals surface area contributed by atoms with E-state index in [0.29, 0.717) is 5.56 Å². The van der Waals surface area contributed by atoms with E-state index in [1.54, 1.807) is 0 Å². The van der Waals surface area contributed by atoms with E-state index in [0.717, 1.165) is 10.0 Å². The minimum Gasteiger partial charge on any atom is -0.356 e. The molecule has 3 heteroatoms. The summed E-state index contributed by atoms with van der Waals surface area (Å²) in [6, 6.07) is 17.1. The molecule has 1 heterocycles. The third-order valence-corrected chi connectivity index (χ3v) is 3.74. The zero-order chi connectivity index (χ0) is 12.5. The van der Waals surface area contributed by atoms with Crippen LogP contribution in [0.25, 0.3) is 0 Å². The van der Waals surface area contributed by atoms with E-state index in [-0.39, 0.29) is 18.0 Å². The van der Waals surface area contributed by atoms with Gasteiger partial charge in [0, 0.05) is 10.0 Å². The van der Waals surface area contributed by atoms with Gasteiger partial charge >= 0.3 is 0 Å². The van der Waals surface area contributed by atoms with Gasteiger partial charge in [-0.25, -0.2) is 0 Å². The number of Topliss-reactive ketones (excluding diaryl/α,β-unsaturated/α-hetero) is 1. The number of rotatable bonds is 3. The van der Waals surface area contributed by atoms with Gasteiger partial charge in [-0.15, -0.1) is 0 Å². The van der Waals surface area contributed by atoms with Gasteiger partial charge in [0.25, 0.3) is 0 Å². The highest BCUT2D eigenvalue weighted by Gasteiger charge is 2.46. The summed E-state index contributed by atoms with van der Waals surface area (Å²) >= 11 is 3.48. The largest absolute Gasteiger partial charge is 0.356 e. The average Bonchev–Trinajstić information content (AvgIpc) is 3.20. The average molecular weight is 303 g/mol. The van der Waals surface area contributed by atoms with Crippen molar-refractivity contribution < 1.29 is 9.53 Å². The molecule has 90 valence electrons. The highest BCUT2D eigenvalue weighted by Crippen LogP contribution is 2.43. The summed E-state index contributed by atoms with van der Waals surface area (Å²) in [5.74, 6) is 0.0522.